The van der Waals surface area contributed by atoms with Gasteiger partial charge in [-0.05, 0) is 18.4 Å². The molecule has 0 fully saturated rings. The molecule has 1 aromatic heterocycles. The molecule has 0 N–H and O–H groups in total. The zero-order chi connectivity index (χ0) is 8.55. The molecule has 0 spiro atoms. The number of hydrogen-bond donors (Lipinski definition) is 0. The minimum atomic E-state index is 0.821. The fourth-order valence-electron chi connectivity index (χ4n) is 1.29. The SMILES string of the molecule is Cc1ccc2cc[n+]([O-])cc2c1. The zero-order valence-corrected chi connectivity index (χ0v) is 6.82. The number of hydrogen-bond acceptors (Lipinski definition) is 1. The number of rotatable bonds is 0. The molecule has 0 aliphatic rings. The van der Waals surface area contributed by atoms with E-state index in [-0.39, 0.29) is 0 Å². The summed E-state index contributed by atoms with van der Waals surface area (Å²) in [6, 6.07) is 7.88. The maximum absolute atomic E-state index is 10.9. The molecule has 0 bridgehead atoms. The van der Waals surface area contributed by atoms with Crippen molar-refractivity contribution in [1.29, 1.82) is 0 Å². The fraction of sp³-hybridized carbons (Fsp3) is 0.100. The number of aromatic nitrogens is 1. The third kappa shape index (κ3) is 1.11. The maximum Gasteiger partial charge on any atom is 0.188 e. The lowest BCUT2D eigenvalue weighted by molar-refractivity contribution is -0.603. The molecule has 0 aliphatic heterocycles. The second-order valence-electron chi connectivity index (χ2n) is 2.94. The van der Waals surface area contributed by atoms with Gasteiger partial charge in [0.15, 0.2) is 12.4 Å². The number of pyridine rings is 1. The second kappa shape index (κ2) is 2.48. The Morgan fingerprint density at radius 1 is 1.17 bits per heavy atom. The van der Waals surface area contributed by atoms with Crippen molar-refractivity contribution in [3.8, 4) is 0 Å². The molecule has 2 heteroatoms. The van der Waals surface area contributed by atoms with Crippen molar-refractivity contribution in [3.05, 3.63) is 47.4 Å². The molecule has 2 rings (SSSR count). The molecule has 0 saturated carbocycles. The van der Waals surface area contributed by atoms with Crippen LogP contribution >= 0.6 is 0 Å². The fourth-order valence-corrected chi connectivity index (χ4v) is 1.29. The topological polar surface area (TPSA) is 26.9 Å². The van der Waals surface area contributed by atoms with Gasteiger partial charge in [-0.3, -0.25) is 0 Å². The Labute approximate surface area is 70.7 Å². The highest BCUT2D eigenvalue weighted by molar-refractivity contribution is 5.81. The van der Waals surface area contributed by atoms with Gasteiger partial charge in [0, 0.05) is 11.5 Å². The summed E-state index contributed by atoms with van der Waals surface area (Å²) in [6.07, 6.45) is 3.10. The highest BCUT2D eigenvalue weighted by Crippen LogP contribution is 2.12. The van der Waals surface area contributed by atoms with E-state index in [0.29, 0.717) is 0 Å². The lowest BCUT2D eigenvalue weighted by Gasteiger charge is -1.99. The van der Waals surface area contributed by atoms with Crippen molar-refractivity contribution in [3.63, 3.8) is 0 Å². The lowest BCUT2D eigenvalue weighted by atomic mass is 10.1. The first-order valence-electron chi connectivity index (χ1n) is 3.85. The molecular weight excluding hydrogens is 150 g/mol. The highest BCUT2D eigenvalue weighted by atomic mass is 16.5. The predicted octanol–water partition coefficient (Wildman–Crippen LogP) is 1.78. The molecule has 0 atom stereocenters. The summed E-state index contributed by atoms with van der Waals surface area (Å²) in [4.78, 5) is 0. The predicted molar refractivity (Wildman–Crippen MR) is 47.6 cm³/mol. The van der Waals surface area contributed by atoms with Crippen LogP contribution in [0.25, 0.3) is 10.8 Å². The van der Waals surface area contributed by atoms with Crippen molar-refractivity contribution in [1.82, 2.24) is 0 Å². The van der Waals surface area contributed by atoms with Gasteiger partial charge in [0.1, 0.15) is 0 Å². The quantitative estimate of drug-likeness (QED) is 0.425. The Hall–Kier alpha value is -1.57. The summed E-state index contributed by atoms with van der Waals surface area (Å²) in [5.74, 6) is 0. The number of aryl methyl sites for hydroxylation is 1. The smallest absolute Gasteiger partial charge is 0.188 e. The van der Waals surface area contributed by atoms with E-state index in [2.05, 4.69) is 0 Å². The van der Waals surface area contributed by atoms with Gasteiger partial charge < -0.3 is 5.21 Å². The zero-order valence-electron chi connectivity index (χ0n) is 6.82. The average Bonchev–Trinajstić information content (AvgIpc) is 2.03. The van der Waals surface area contributed by atoms with Gasteiger partial charge in [0.2, 0.25) is 0 Å². The van der Waals surface area contributed by atoms with Crippen LogP contribution in [-0.4, -0.2) is 0 Å². The molecule has 2 aromatic rings. The van der Waals surface area contributed by atoms with Gasteiger partial charge in [0.25, 0.3) is 0 Å². The number of nitrogens with zero attached hydrogens (tertiary/aromatic N) is 1. The maximum atomic E-state index is 10.9. The number of benzene rings is 1. The van der Waals surface area contributed by atoms with Crippen LogP contribution in [0.15, 0.2) is 36.7 Å². The molecule has 60 valence electrons. The Bertz CT molecular complexity index is 386. The van der Waals surface area contributed by atoms with E-state index in [0.717, 1.165) is 15.5 Å². The van der Waals surface area contributed by atoms with Crippen LogP contribution in [0.1, 0.15) is 5.56 Å². The highest BCUT2D eigenvalue weighted by Gasteiger charge is 1.96. The van der Waals surface area contributed by atoms with Crippen molar-refractivity contribution in [2.45, 2.75) is 6.92 Å². The summed E-state index contributed by atoms with van der Waals surface area (Å²) >= 11 is 0. The Balaban J connectivity index is 2.80. The Kier molecular flexibility index (Phi) is 1.47. The first-order chi connectivity index (χ1) is 5.75. The largest absolute Gasteiger partial charge is 0.619 e. The minimum Gasteiger partial charge on any atom is -0.619 e. The molecule has 12 heavy (non-hydrogen) atoms. The van der Waals surface area contributed by atoms with Gasteiger partial charge in [0.05, 0.1) is 0 Å². The average molecular weight is 159 g/mol. The second-order valence-corrected chi connectivity index (χ2v) is 2.94. The van der Waals surface area contributed by atoms with Gasteiger partial charge in [-0.1, -0.05) is 17.7 Å². The molecule has 0 saturated heterocycles. The monoisotopic (exact) mass is 159 g/mol. The van der Waals surface area contributed by atoms with Crippen LogP contribution in [0.4, 0.5) is 0 Å². The van der Waals surface area contributed by atoms with Crippen LogP contribution in [0, 0.1) is 12.1 Å². The third-order valence-corrected chi connectivity index (χ3v) is 1.91. The van der Waals surface area contributed by atoms with E-state index >= 15 is 0 Å². The van der Waals surface area contributed by atoms with Crippen LogP contribution < -0.4 is 4.73 Å². The van der Waals surface area contributed by atoms with Crippen LogP contribution in [-0.2, 0) is 0 Å². The Morgan fingerprint density at radius 2 is 2.00 bits per heavy atom. The van der Waals surface area contributed by atoms with Gasteiger partial charge in [-0.15, -0.1) is 0 Å². The third-order valence-electron chi connectivity index (χ3n) is 1.91. The molecule has 2 nitrogen and oxygen atoms in total. The molecule has 1 heterocycles. The van der Waals surface area contributed by atoms with Crippen LogP contribution in [0.3, 0.4) is 0 Å². The van der Waals surface area contributed by atoms with E-state index in [9.17, 15) is 5.21 Å². The van der Waals surface area contributed by atoms with Gasteiger partial charge in [-0.2, -0.15) is 4.73 Å². The summed E-state index contributed by atoms with van der Waals surface area (Å²) in [6.45, 7) is 2.02. The van der Waals surface area contributed by atoms with Gasteiger partial charge in [-0.25, -0.2) is 0 Å². The molecule has 0 amide bonds. The molecule has 0 unspecified atom stereocenters. The van der Waals surface area contributed by atoms with Crippen LogP contribution in [0.2, 0.25) is 0 Å². The molecule has 0 aliphatic carbocycles. The van der Waals surface area contributed by atoms with E-state index in [1.807, 2.05) is 31.2 Å². The first-order valence-corrected chi connectivity index (χ1v) is 3.85. The van der Waals surface area contributed by atoms with E-state index < -0.39 is 0 Å². The van der Waals surface area contributed by atoms with Gasteiger partial charge >= 0.3 is 0 Å². The molecule has 0 radical (unpaired) electrons. The summed E-state index contributed by atoms with van der Waals surface area (Å²) < 4.78 is 0.821. The number of fused-ring (bicyclic) bond motifs is 1. The van der Waals surface area contributed by atoms with Crippen LogP contribution in [0.5, 0.6) is 0 Å². The summed E-state index contributed by atoms with van der Waals surface area (Å²) in [7, 11) is 0. The van der Waals surface area contributed by atoms with Crippen molar-refractivity contribution in [2.75, 3.05) is 0 Å². The first kappa shape index (κ1) is 7.10. The molecule has 1 aromatic carbocycles. The van der Waals surface area contributed by atoms with Crippen molar-refractivity contribution >= 4 is 10.8 Å². The summed E-state index contributed by atoms with van der Waals surface area (Å²) in [5, 5.41) is 13.0. The normalized spacial score (nSPS) is 10.4. The standard InChI is InChI=1S/C10H9NO/c1-8-2-3-9-4-5-11(12)7-10(9)6-8/h2-7H,1H3. The van der Waals surface area contributed by atoms with Crippen molar-refractivity contribution in [2.24, 2.45) is 0 Å². The van der Waals surface area contributed by atoms with E-state index in [1.165, 1.54) is 11.8 Å². The minimum absolute atomic E-state index is 0.821. The molecular formula is C10H9NO. The summed E-state index contributed by atoms with van der Waals surface area (Å²) in [5.41, 5.74) is 1.17. The van der Waals surface area contributed by atoms with E-state index in [4.69, 9.17) is 0 Å². The van der Waals surface area contributed by atoms with E-state index in [1.54, 1.807) is 6.20 Å². The van der Waals surface area contributed by atoms with Crippen molar-refractivity contribution < 1.29 is 4.73 Å². The Morgan fingerprint density at radius 3 is 2.83 bits per heavy atom. The lowest BCUT2D eigenvalue weighted by Crippen LogP contribution is -2.23.